The van der Waals surface area contributed by atoms with Crippen LogP contribution >= 0.6 is 0 Å². The molecule has 0 atom stereocenters. The number of anilines is 3. The van der Waals surface area contributed by atoms with E-state index in [0.717, 1.165) is 29.8 Å². The number of ether oxygens (including phenoxy) is 1. The third-order valence-corrected chi connectivity index (χ3v) is 5.96. The van der Waals surface area contributed by atoms with E-state index >= 15 is 0 Å². The first-order chi connectivity index (χ1) is 19.3. The van der Waals surface area contributed by atoms with Crippen LogP contribution in [0.25, 0.3) is 28.0 Å². The highest BCUT2D eigenvalue weighted by Crippen LogP contribution is 2.35. The van der Waals surface area contributed by atoms with Crippen LogP contribution in [0.5, 0.6) is 5.75 Å². The Balaban J connectivity index is 1.50. The average Bonchev–Trinajstić information content (AvgIpc) is 3.33. The van der Waals surface area contributed by atoms with Crippen LogP contribution in [0.3, 0.4) is 0 Å². The molecule has 1 amide bonds. The number of aromatic nitrogens is 4. The summed E-state index contributed by atoms with van der Waals surface area (Å²) in [6.07, 6.45) is 0.374. The van der Waals surface area contributed by atoms with Gasteiger partial charge >= 0.3 is 12.1 Å². The lowest BCUT2D eigenvalue weighted by molar-refractivity contribution is -0.167. The number of hydrogen-bond acceptors (Lipinski definition) is 6. The summed E-state index contributed by atoms with van der Waals surface area (Å²) in [5, 5.41) is 9.78. The maximum Gasteiger partial charge on any atom is 0.471 e. The van der Waals surface area contributed by atoms with Crippen molar-refractivity contribution >= 4 is 28.7 Å². The molecule has 0 aliphatic carbocycles. The van der Waals surface area contributed by atoms with Crippen molar-refractivity contribution in [2.45, 2.75) is 25.9 Å². The molecule has 2 N–H and O–H groups in total. The van der Waals surface area contributed by atoms with Gasteiger partial charge in [-0.2, -0.15) is 18.3 Å². The second-order valence-electron chi connectivity index (χ2n) is 8.91. The van der Waals surface area contributed by atoms with E-state index in [0.29, 0.717) is 35.1 Å². The van der Waals surface area contributed by atoms with Crippen LogP contribution in [0.15, 0.2) is 85.2 Å². The highest BCUT2D eigenvalue weighted by atomic mass is 19.4. The lowest BCUT2D eigenvalue weighted by atomic mass is 10.0. The zero-order valence-electron chi connectivity index (χ0n) is 21.4. The second kappa shape index (κ2) is 11.4. The molecule has 8 nitrogen and oxygen atoms in total. The van der Waals surface area contributed by atoms with Gasteiger partial charge in [0, 0.05) is 35.4 Å². The maximum absolute atomic E-state index is 12.8. The molecular weight excluding hydrogens is 521 g/mol. The van der Waals surface area contributed by atoms with Gasteiger partial charge in [0.15, 0.2) is 0 Å². The largest absolute Gasteiger partial charge is 0.494 e. The Kier molecular flexibility index (Phi) is 7.63. The summed E-state index contributed by atoms with van der Waals surface area (Å²) in [6.45, 7) is 2.73. The number of amides is 1. The molecule has 0 aliphatic rings. The van der Waals surface area contributed by atoms with Crippen molar-refractivity contribution < 1.29 is 22.7 Å². The number of carbonyl (C=O) groups is 1. The van der Waals surface area contributed by atoms with Gasteiger partial charge in [0.05, 0.1) is 23.4 Å². The molecule has 0 fully saturated rings. The van der Waals surface area contributed by atoms with E-state index < -0.39 is 12.1 Å². The number of nitrogens with one attached hydrogen (secondary N) is 2. The first-order valence-corrected chi connectivity index (χ1v) is 12.6. The van der Waals surface area contributed by atoms with Crippen molar-refractivity contribution in [3.63, 3.8) is 0 Å². The molecule has 0 unspecified atom stereocenters. The first-order valence-electron chi connectivity index (χ1n) is 12.6. The van der Waals surface area contributed by atoms with Crippen molar-refractivity contribution in [3.05, 3.63) is 85.2 Å². The quantitative estimate of drug-likeness (QED) is 0.196. The van der Waals surface area contributed by atoms with Crippen LogP contribution < -0.4 is 15.4 Å². The molecule has 5 rings (SSSR count). The van der Waals surface area contributed by atoms with Gasteiger partial charge in [0.2, 0.25) is 5.95 Å². The molecule has 0 saturated heterocycles. The summed E-state index contributed by atoms with van der Waals surface area (Å²) in [5.74, 6) is -0.973. The number of pyridine rings is 1. The number of benzene rings is 2. The maximum atomic E-state index is 12.8. The molecule has 0 aliphatic heterocycles. The van der Waals surface area contributed by atoms with Crippen molar-refractivity contribution in [3.8, 4) is 28.3 Å². The van der Waals surface area contributed by atoms with E-state index in [1.165, 1.54) is 12.1 Å². The Bertz CT molecular complexity index is 1650. The number of unbranched alkanes of at least 4 members (excludes halogenated alkanes) is 1. The fourth-order valence-electron chi connectivity index (χ4n) is 4.08. The van der Waals surface area contributed by atoms with Gasteiger partial charge in [0.1, 0.15) is 11.4 Å². The van der Waals surface area contributed by atoms with Crippen LogP contribution in [0.1, 0.15) is 19.8 Å². The van der Waals surface area contributed by atoms with Gasteiger partial charge in [-0.25, -0.2) is 14.5 Å². The van der Waals surface area contributed by atoms with Crippen LogP contribution in [-0.2, 0) is 4.79 Å². The minimum atomic E-state index is -5.00. The molecule has 3 aromatic heterocycles. The lowest BCUT2D eigenvalue weighted by Gasteiger charge is -2.11. The molecular formula is C29H25F3N6O2. The minimum Gasteiger partial charge on any atom is -0.494 e. The number of alkyl halides is 3. The van der Waals surface area contributed by atoms with E-state index in [4.69, 9.17) is 9.72 Å². The van der Waals surface area contributed by atoms with Crippen molar-refractivity contribution in [2.75, 3.05) is 17.2 Å². The number of halogens is 3. The summed E-state index contributed by atoms with van der Waals surface area (Å²) in [4.78, 5) is 20.6. The molecule has 0 saturated carbocycles. The summed E-state index contributed by atoms with van der Waals surface area (Å²) >= 11 is 0. The minimum absolute atomic E-state index is 0.00564. The lowest BCUT2D eigenvalue weighted by Crippen LogP contribution is -2.29. The van der Waals surface area contributed by atoms with Crippen LogP contribution in [-0.4, -0.2) is 38.3 Å². The topological polar surface area (TPSA) is 93.4 Å². The third-order valence-electron chi connectivity index (χ3n) is 5.96. The molecule has 204 valence electrons. The number of hydrogen-bond donors (Lipinski definition) is 2. The molecule has 3 heterocycles. The van der Waals surface area contributed by atoms with E-state index in [9.17, 15) is 18.0 Å². The highest BCUT2D eigenvalue weighted by molar-refractivity contribution is 5.96. The SMILES string of the molecule is CCCCOc1cccc(Nc2nccc(-c3c(-c4cccc(NC(=O)C(F)(F)F)c4)nn4ccccc34)n2)c1. The molecule has 40 heavy (non-hydrogen) atoms. The second-order valence-corrected chi connectivity index (χ2v) is 8.91. The predicted molar refractivity (Wildman–Crippen MR) is 146 cm³/mol. The normalized spacial score (nSPS) is 11.4. The van der Waals surface area contributed by atoms with Gasteiger partial charge in [-0.05, 0) is 48.9 Å². The van der Waals surface area contributed by atoms with Crippen LogP contribution in [0.2, 0.25) is 0 Å². The zero-order chi connectivity index (χ0) is 28.1. The smallest absolute Gasteiger partial charge is 0.471 e. The molecule has 11 heteroatoms. The number of fused-ring (bicyclic) bond motifs is 1. The third kappa shape index (κ3) is 6.04. The van der Waals surface area contributed by atoms with Gasteiger partial charge in [0.25, 0.3) is 0 Å². The summed E-state index contributed by atoms with van der Waals surface area (Å²) < 4.78 is 45.9. The number of nitrogens with zero attached hydrogens (tertiary/aromatic N) is 4. The Labute approximate surface area is 227 Å². The average molecular weight is 547 g/mol. The Morgan fingerprint density at radius 2 is 1.82 bits per heavy atom. The van der Waals surface area contributed by atoms with Gasteiger partial charge in [-0.15, -0.1) is 0 Å². The molecule has 0 spiro atoms. The number of carbonyl (C=O) groups excluding carboxylic acids is 1. The van der Waals surface area contributed by atoms with Gasteiger partial charge in [-0.1, -0.05) is 37.6 Å². The summed E-state index contributed by atoms with van der Waals surface area (Å²) in [5.41, 5.74) is 3.66. The van der Waals surface area contributed by atoms with E-state index in [1.807, 2.05) is 47.8 Å². The Hall–Kier alpha value is -4.93. The summed E-state index contributed by atoms with van der Waals surface area (Å²) in [6, 6.07) is 20.9. The fraction of sp³-hybridized carbons (Fsp3) is 0.172. The molecule has 5 aromatic rings. The van der Waals surface area contributed by atoms with Gasteiger partial charge < -0.3 is 15.4 Å². The monoisotopic (exact) mass is 546 g/mol. The first kappa shape index (κ1) is 26.7. The van der Waals surface area contributed by atoms with Crippen molar-refractivity contribution in [1.29, 1.82) is 0 Å². The zero-order valence-corrected chi connectivity index (χ0v) is 21.4. The molecule has 0 radical (unpaired) electrons. The van der Waals surface area contributed by atoms with Gasteiger partial charge in [-0.3, -0.25) is 4.79 Å². The standard InChI is InChI=1S/C29H25F3N6O2/c1-2-3-16-40-22-11-7-10-21(18-22)35-28-33-14-13-23(36-28)25-24-12-4-5-15-38(24)37-26(25)19-8-6-9-20(17-19)34-27(39)29(30,31)32/h4-15,17-18H,2-3,16H2,1H3,(H,34,39)(H,33,35,36). The summed E-state index contributed by atoms with van der Waals surface area (Å²) in [7, 11) is 0. The highest BCUT2D eigenvalue weighted by Gasteiger charge is 2.38. The predicted octanol–water partition coefficient (Wildman–Crippen LogP) is 6.88. The Morgan fingerprint density at radius 1 is 1.00 bits per heavy atom. The number of rotatable bonds is 9. The fourth-order valence-corrected chi connectivity index (χ4v) is 4.08. The van der Waals surface area contributed by atoms with E-state index in [-0.39, 0.29) is 5.69 Å². The van der Waals surface area contributed by atoms with Crippen LogP contribution in [0, 0.1) is 0 Å². The molecule has 0 bridgehead atoms. The van der Waals surface area contributed by atoms with Crippen molar-refractivity contribution in [1.82, 2.24) is 19.6 Å². The van der Waals surface area contributed by atoms with Crippen molar-refractivity contribution in [2.24, 2.45) is 0 Å². The molecule has 2 aromatic carbocycles. The van der Waals surface area contributed by atoms with E-state index in [2.05, 4.69) is 22.3 Å². The van der Waals surface area contributed by atoms with Crippen LogP contribution in [0.4, 0.5) is 30.5 Å². The van der Waals surface area contributed by atoms with E-state index in [1.54, 1.807) is 35.1 Å². The Morgan fingerprint density at radius 3 is 2.65 bits per heavy atom.